The third-order valence-electron chi connectivity index (χ3n) is 2.36. The summed E-state index contributed by atoms with van der Waals surface area (Å²) >= 11 is 0. The van der Waals surface area contributed by atoms with E-state index in [-0.39, 0.29) is 6.04 Å². The Morgan fingerprint density at radius 2 is 2.44 bits per heavy atom. The first kappa shape index (κ1) is 10.8. The fourth-order valence-electron chi connectivity index (χ4n) is 1.46. The predicted molar refractivity (Wildman–Crippen MR) is 57.7 cm³/mol. The minimum Gasteiger partial charge on any atom is -0.340 e. The van der Waals surface area contributed by atoms with Gasteiger partial charge in [0.1, 0.15) is 0 Å². The molecule has 0 spiro atoms. The molecule has 2 aromatic rings. The molecule has 0 saturated heterocycles. The highest BCUT2D eigenvalue weighted by Crippen LogP contribution is 2.06. The van der Waals surface area contributed by atoms with E-state index in [4.69, 9.17) is 4.52 Å². The van der Waals surface area contributed by atoms with Gasteiger partial charge in [0.2, 0.25) is 5.89 Å². The third-order valence-corrected chi connectivity index (χ3v) is 2.36. The Morgan fingerprint density at radius 3 is 3.06 bits per heavy atom. The van der Waals surface area contributed by atoms with Crippen LogP contribution in [0.1, 0.15) is 30.4 Å². The van der Waals surface area contributed by atoms with E-state index in [1.165, 1.54) is 0 Å². The van der Waals surface area contributed by atoms with Crippen molar-refractivity contribution in [2.45, 2.75) is 26.3 Å². The van der Waals surface area contributed by atoms with Crippen LogP contribution in [0.5, 0.6) is 0 Å². The lowest BCUT2D eigenvalue weighted by Gasteiger charge is -2.10. The monoisotopic (exact) mass is 221 g/mol. The molecule has 1 atom stereocenters. The predicted octanol–water partition coefficient (Wildman–Crippen LogP) is 0.994. The van der Waals surface area contributed by atoms with Gasteiger partial charge in [-0.1, -0.05) is 5.16 Å². The molecular weight excluding hydrogens is 206 g/mol. The van der Waals surface area contributed by atoms with Gasteiger partial charge >= 0.3 is 0 Å². The topological polar surface area (TPSA) is 79.6 Å². The van der Waals surface area contributed by atoms with Crippen molar-refractivity contribution in [1.29, 1.82) is 0 Å². The van der Waals surface area contributed by atoms with Gasteiger partial charge in [0.05, 0.1) is 5.69 Å². The van der Waals surface area contributed by atoms with E-state index in [0.29, 0.717) is 5.89 Å². The molecule has 0 fully saturated rings. The summed E-state index contributed by atoms with van der Waals surface area (Å²) in [6, 6.07) is 2.20. The highest BCUT2D eigenvalue weighted by Gasteiger charge is 2.06. The first-order valence-electron chi connectivity index (χ1n) is 5.27. The zero-order valence-corrected chi connectivity index (χ0v) is 9.40. The van der Waals surface area contributed by atoms with Crippen LogP contribution in [0.4, 0.5) is 0 Å². The van der Waals surface area contributed by atoms with Crippen molar-refractivity contribution in [2.75, 3.05) is 6.54 Å². The van der Waals surface area contributed by atoms with Crippen LogP contribution in [0.15, 0.2) is 16.8 Å². The number of rotatable bonds is 5. The largest absolute Gasteiger partial charge is 0.340 e. The fraction of sp³-hybridized carbons (Fsp3) is 0.500. The molecule has 6 nitrogen and oxygen atoms in total. The Balaban J connectivity index is 1.76. The summed E-state index contributed by atoms with van der Waals surface area (Å²) in [5.41, 5.74) is 1.07. The van der Waals surface area contributed by atoms with E-state index in [1.807, 2.05) is 6.07 Å². The van der Waals surface area contributed by atoms with Gasteiger partial charge < -0.3 is 9.84 Å². The zero-order chi connectivity index (χ0) is 11.4. The molecule has 86 valence electrons. The van der Waals surface area contributed by atoms with E-state index < -0.39 is 0 Å². The maximum absolute atomic E-state index is 4.89. The first-order valence-corrected chi connectivity index (χ1v) is 5.27. The summed E-state index contributed by atoms with van der Waals surface area (Å²) in [4.78, 5) is 4.13. The molecule has 2 aromatic heterocycles. The maximum Gasteiger partial charge on any atom is 0.223 e. The van der Waals surface area contributed by atoms with E-state index in [2.05, 4.69) is 32.6 Å². The number of nitrogens with one attached hydrogen (secondary N) is 2. The molecule has 0 aliphatic heterocycles. The minimum absolute atomic E-state index is 0.246. The molecular formula is C10H15N5O. The van der Waals surface area contributed by atoms with Gasteiger partial charge in [0, 0.05) is 32.1 Å². The zero-order valence-electron chi connectivity index (χ0n) is 9.40. The van der Waals surface area contributed by atoms with Crippen LogP contribution in [0.25, 0.3) is 0 Å². The lowest BCUT2D eigenvalue weighted by molar-refractivity contribution is 0.386. The molecule has 2 N–H and O–H groups in total. The van der Waals surface area contributed by atoms with E-state index in [1.54, 1.807) is 13.1 Å². The van der Waals surface area contributed by atoms with Crippen molar-refractivity contribution < 1.29 is 4.52 Å². The van der Waals surface area contributed by atoms with Crippen molar-refractivity contribution in [1.82, 2.24) is 25.7 Å². The first-order chi connectivity index (χ1) is 7.75. The number of aromatic amines is 1. The SMILES string of the molecule is Cc1nc(CCNC(C)c2ccn[nH]2)no1. The van der Waals surface area contributed by atoms with Crippen molar-refractivity contribution >= 4 is 0 Å². The second kappa shape index (κ2) is 4.89. The third kappa shape index (κ3) is 2.66. The standard InChI is InChI=1S/C10H15N5O/c1-7(9-3-6-12-14-9)11-5-4-10-13-8(2)16-15-10/h3,6-7,11H,4-5H2,1-2H3,(H,12,14). The van der Waals surface area contributed by atoms with Crippen LogP contribution >= 0.6 is 0 Å². The van der Waals surface area contributed by atoms with Crippen LogP contribution in [0, 0.1) is 6.92 Å². The van der Waals surface area contributed by atoms with Gasteiger partial charge in [0.15, 0.2) is 5.82 Å². The highest BCUT2D eigenvalue weighted by molar-refractivity contribution is 5.02. The molecule has 6 heteroatoms. The summed E-state index contributed by atoms with van der Waals surface area (Å²) < 4.78 is 4.89. The molecule has 0 radical (unpaired) electrons. The van der Waals surface area contributed by atoms with E-state index >= 15 is 0 Å². The second-order valence-electron chi connectivity index (χ2n) is 3.67. The Bertz CT molecular complexity index is 422. The molecule has 0 saturated carbocycles. The quantitative estimate of drug-likeness (QED) is 0.787. The maximum atomic E-state index is 4.89. The van der Waals surface area contributed by atoms with Crippen molar-refractivity contribution in [3.63, 3.8) is 0 Å². The number of hydrogen-bond donors (Lipinski definition) is 2. The second-order valence-corrected chi connectivity index (χ2v) is 3.67. The minimum atomic E-state index is 0.246. The van der Waals surface area contributed by atoms with Crippen LogP contribution in [-0.2, 0) is 6.42 Å². The number of aryl methyl sites for hydroxylation is 1. The Kier molecular flexibility index (Phi) is 3.31. The van der Waals surface area contributed by atoms with Gasteiger partial charge in [-0.05, 0) is 13.0 Å². The summed E-state index contributed by atoms with van der Waals surface area (Å²) in [5.74, 6) is 1.35. The molecule has 2 heterocycles. The lowest BCUT2D eigenvalue weighted by Crippen LogP contribution is -2.22. The summed E-state index contributed by atoms with van der Waals surface area (Å²) in [5, 5.41) is 14.0. The van der Waals surface area contributed by atoms with Crippen LogP contribution in [-0.4, -0.2) is 26.9 Å². The van der Waals surface area contributed by atoms with Crippen LogP contribution < -0.4 is 5.32 Å². The van der Waals surface area contributed by atoms with Crippen molar-refractivity contribution in [2.24, 2.45) is 0 Å². The number of hydrogen-bond acceptors (Lipinski definition) is 5. The summed E-state index contributed by atoms with van der Waals surface area (Å²) in [6.45, 7) is 4.67. The molecule has 0 amide bonds. The molecule has 1 unspecified atom stereocenters. The van der Waals surface area contributed by atoms with E-state index in [9.17, 15) is 0 Å². The van der Waals surface area contributed by atoms with Crippen LogP contribution in [0.3, 0.4) is 0 Å². The van der Waals surface area contributed by atoms with Crippen molar-refractivity contribution in [3.05, 3.63) is 29.7 Å². The summed E-state index contributed by atoms with van der Waals surface area (Å²) in [6.07, 6.45) is 2.51. The van der Waals surface area contributed by atoms with Crippen LogP contribution in [0.2, 0.25) is 0 Å². The van der Waals surface area contributed by atoms with Gasteiger partial charge in [-0.25, -0.2) is 0 Å². The van der Waals surface area contributed by atoms with Gasteiger partial charge in [-0.2, -0.15) is 10.1 Å². The molecule has 0 aliphatic carbocycles. The Morgan fingerprint density at radius 1 is 1.56 bits per heavy atom. The number of aromatic nitrogens is 4. The Hall–Kier alpha value is -1.69. The molecule has 0 bridgehead atoms. The van der Waals surface area contributed by atoms with Gasteiger partial charge in [-0.15, -0.1) is 0 Å². The fourth-order valence-corrected chi connectivity index (χ4v) is 1.46. The molecule has 0 aliphatic rings. The summed E-state index contributed by atoms with van der Waals surface area (Å²) in [7, 11) is 0. The average molecular weight is 221 g/mol. The normalized spacial score (nSPS) is 12.9. The number of H-pyrrole nitrogens is 1. The highest BCUT2D eigenvalue weighted by atomic mass is 16.5. The molecule has 16 heavy (non-hydrogen) atoms. The molecule has 0 aromatic carbocycles. The Labute approximate surface area is 93.4 Å². The smallest absolute Gasteiger partial charge is 0.223 e. The average Bonchev–Trinajstić information content (AvgIpc) is 2.89. The van der Waals surface area contributed by atoms with E-state index in [0.717, 1.165) is 24.5 Å². The van der Waals surface area contributed by atoms with Gasteiger partial charge in [0.25, 0.3) is 0 Å². The molecule has 2 rings (SSSR count). The number of nitrogens with zero attached hydrogens (tertiary/aromatic N) is 3. The van der Waals surface area contributed by atoms with Gasteiger partial charge in [-0.3, -0.25) is 5.10 Å². The lowest BCUT2D eigenvalue weighted by atomic mass is 10.2. The van der Waals surface area contributed by atoms with Crippen molar-refractivity contribution in [3.8, 4) is 0 Å².